The number of aliphatic carboxylic acids is 1. The van der Waals surface area contributed by atoms with Crippen molar-refractivity contribution in [2.24, 2.45) is 11.7 Å². The molecule has 0 spiro atoms. The molecule has 1 atom stereocenters. The molecule has 3 heteroatoms. The predicted octanol–water partition coefficient (Wildman–Crippen LogP) is 3.96. The highest BCUT2D eigenvalue weighted by atomic mass is 16.4. The second-order valence-electron chi connectivity index (χ2n) is 5.30. The molecule has 0 saturated carbocycles. The number of hydrogen-bond donors (Lipinski definition) is 2. The largest absolute Gasteiger partial charge is 0.481 e. The van der Waals surface area contributed by atoms with Crippen molar-refractivity contribution in [2.75, 3.05) is 6.54 Å². The SMILES string of the molecule is CCCCCCCCCC(CN)CCCC(=O)O. The Morgan fingerprint density at radius 3 is 2.11 bits per heavy atom. The zero-order chi connectivity index (χ0) is 13.6. The van der Waals surface area contributed by atoms with E-state index >= 15 is 0 Å². The van der Waals surface area contributed by atoms with Crippen LogP contribution in [0.4, 0.5) is 0 Å². The molecule has 0 bridgehead atoms. The maximum absolute atomic E-state index is 10.4. The Balaban J connectivity index is 3.35. The van der Waals surface area contributed by atoms with Gasteiger partial charge in [0.05, 0.1) is 0 Å². The number of rotatable bonds is 13. The molecule has 18 heavy (non-hydrogen) atoms. The third-order valence-corrected chi connectivity index (χ3v) is 3.55. The van der Waals surface area contributed by atoms with E-state index in [1.807, 2.05) is 0 Å². The van der Waals surface area contributed by atoms with Crippen LogP contribution in [0.3, 0.4) is 0 Å². The van der Waals surface area contributed by atoms with Crippen LogP contribution in [0, 0.1) is 5.92 Å². The highest BCUT2D eigenvalue weighted by Gasteiger charge is 2.07. The van der Waals surface area contributed by atoms with Crippen molar-refractivity contribution in [3.05, 3.63) is 0 Å². The van der Waals surface area contributed by atoms with E-state index in [0.717, 1.165) is 12.8 Å². The van der Waals surface area contributed by atoms with Gasteiger partial charge in [-0.05, 0) is 31.7 Å². The normalized spacial score (nSPS) is 12.6. The molecular weight excluding hydrogens is 226 g/mol. The van der Waals surface area contributed by atoms with Crippen LogP contribution in [0.1, 0.15) is 77.6 Å². The number of hydrogen-bond acceptors (Lipinski definition) is 2. The van der Waals surface area contributed by atoms with E-state index in [1.165, 1.54) is 51.4 Å². The van der Waals surface area contributed by atoms with Crippen LogP contribution in [-0.2, 0) is 4.79 Å². The standard InChI is InChI=1S/C15H31NO2/c1-2-3-4-5-6-7-8-10-14(13-16)11-9-12-15(17)18/h14H,2-13,16H2,1H3,(H,17,18). The first kappa shape index (κ1) is 17.4. The summed E-state index contributed by atoms with van der Waals surface area (Å²) >= 11 is 0. The Bertz CT molecular complexity index is 195. The van der Waals surface area contributed by atoms with Crippen molar-refractivity contribution in [1.82, 2.24) is 0 Å². The lowest BCUT2D eigenvalue weighted by Gasteiger charge is -2.13. The first-order valence-corrected chi connectivity index (χ1v) is 7.62. The summed E-state index contributed by atoms with van der Waals surface area (Å²) in [6.45, 7) is 2.94. The highest BCUT2D eigenvalue weighted by Crippen LogP contribution is 2.17. The zero-order valence-corrected chi connectivity index (χ0v) is 12.0. The molecule has 0 aliphatic heterocycles. The van der Waals surface area contributed by atoms with Gasteiger partial charge in [0.25, 0.3) is 0 Å². The smallest absolute Gasteiger partial charge is 0.303 e. The summed E-state index contributed by atoms with van der Waals surface area (Å²) in [4.78, 5) is 10.4. The third kappa shape index (κ3) is 11.9. The minimum atomic E-state index is -0.693. The van der Waals surface area contributed by atoms with E-state index in [-0.39, 0.29) is 6.42 Å². The van der Waals surface area contributed by atoms with Crippen LogP contribution in [0.2, 0.25) is 0 Å². The van der Waals surface area contributed by atoms with Gasteiger partial charge in [-0.1, -0.05) is 51.9 Å². The first-order valence-electron chi connectivity index (χ1n) is 7.62. The molecule has 0 rings (SSSR count). The monoisotopic (exact) mass is 257 g/mol. The summed E-state index contributed by atoms with van der Waals surface area (Å²) in [6, 6.07) is 0. The average molecular weight is 257 g/mol. The van der Waals surface area contributed by atoms with E-state index in [0.29, 0.717) is 12.5 Å². The Labute approximate surface area is 112 Å². The lowest BCUT2D eigenvalue weighted by atomic mass is 9.95. The molecular formula is C15H31NO2. The molecule has 108 valence electrons. The molecule has 0 aromatic rings. The summed E-state index contributed by atoms with van der Waals surface area (Å²) < 4.78 is 0. The van der Waals surface area contributed by atoms with Crippen LogP contribution < -0.4 is 5.73 Å². The van der Waals surface area contributed by atoms with Gasteiger partial charge >= 0.3 is 5.97 Å². The quantitative estimate of drug-likeness (QED) is 0.491. The summed E-state index contributed by atoms with van der Waals surface area (Å²) in [6.07, 6.45) is 12.5. The second-order valence-corrected chi connectivity index (χ2v) is 5.30. The lowest BCUT2D eigenvalue weighted by molar-refractivity contribution is -0.137. The fraction of sp³-hybridized carbons (Fsp3) is 0.933. The predicted molar refractivity (Wildman–Crippen MR) is 76.6 cm³/mol. The number of carbonyl (C=O) groups is 1. The fourth-order valence-corrected chi connectivity index (χ4v) is 2.31. The molecule has 3 nitrogen and oxygen atoms in total. The molecule has 0 saturated heterocycles. The lowest BCUT2D eigenvalue weighted by Crippen LogP contribution is -2.14. The molecule has 0 fully saturated rings. The molecule has 0 aromatic heterocycles. The van der Waals surface area contributed by atoms with Gasteiger partial charge in [-0.3, -0.25) is 4.79 Å². The summed E-state index contributed by atoms with van der Waals surface area (Å²) in [5, 5.41) is 8.58. The Morgan fingerprint density at radius 1 is 1.00 bits per heavy atom. The van der Waals surface area contributed by atoms with Crippen molar-refractivity contribution in [1.29, 1.82) is 0 Å². The van der Waals surface area contributed by atoms with Crippen molar-refractivity contribution in [2.45, 2.75) is 77.6 Å². The number of nitrogens with two attached hydrogens (primary N) is 1. The topological polar surface area (TPSA) is 63.3 Å². The van der Waals surface area contributed by atoms with E-state index < -0.39 is 5.97 Å². The number of unbranched alkanes of at least 4 members (excludes halogenated alkanes) is 6. The third-order valence-electron chi connectivity index (χ3n) is 3.55. The van der Waals surface area contributed by atoms with E-state index in [1.54, 1.807) is 0 Å². The van der Waals surface area contributed by atoms with Gasteiger partial charge in [0, 0.05) is 6.42 Å². The van der Waals surface area contributed by atoms with Crippen LogP contribution in [0.15, 0.2) is 0 Å². The number of carboxylic acids is 1. The molecule has 0 aliphatic rings. The van der Waals surface area contributed by atoms with Crippen molar-refractivity contribution in [3.8, 4) is 0 Å². The van der Waals surface area contributed by atoms with Gasteiger partial charge in [-0.2, -0.15) is 0 Å². The molecule has 3 N–H and O–H groups in total. The molecule has 0 aromatic carbocycles. The number of carboxylic acid groups (broad SMARTS) is 1. The zero-order valence-electron chi connectivity index (χ0n) is 12.0. The molecule has 0 radical (unpaired) electrons. The van der Waals surface area contributed by atoms with Gasteiger partial charge in [-0.25, -0.2) is 0 Å². The van der Waals surface area contributed by atoms with Gasteiger partial charge in [-0.15, -0.1) is 0 Å². The minimum Gasteiger partial charge on any atom is -0.481 e. The van der Waals surface area contributed by atoms with Gasteiger partial charge < -0.3 is 10.8 Å². The maximum Gasteiger partial charge on any atom is 0.303 e. The Kier molecular flexibility index (Phi) is 12.5. The average Bonchev–Trinajstić information content (AvgIpc) is 2.35. The molecule has 0 aliphatic carbocycles. The van der Waals surface area contributed by atoms with Crippen LogP contribution >= 0.6 is 0 Å². The van der Waals surface area contributed by atoms with Gasteiger partial charge in [0.1, 0.15) is 0 Å². The molecule has 0 amide bonds. The molecule has 1 unspecified atom stereocenters. The van der Waals surface area contributed by atoms with Crippen LogP contribution in [0.5, 0.6) is 0 Å². The maximum atomic E-state index is 10.4. The van der Waals surface area contributed by atoms with Crippen molar-refractivity contribution in [3.63, 3.8) is 0 Å². The van der Waals surface area contributed by atoms with Gasteiger partial charge in [0.2, 0.25) is 0 Å². The van der Waals surface area contributed by atoms with Crippen LogP contribution in [0.25, 0.3) is 0 Å². The van der Waals surface area contributed by atoms with E-state index in [4.69, 9.17) is 10.8 Å². The van der Waals surface area contributed by atoms with Crippen molar-refractivity contribution < 1.29 is 9.90 Å². The second kappa shape index (κ2) is 12.9. The highest BCUT2D eigenvalue weighted by molar-refractivity contribution is 5.66. The minimum absolute atomic E-state index is 0.285. The van der Waals surface area contributed by atoms with E-state index in [2.05, 4.69) is 6.92 Å². The first-order chi connectivity index (χ1) is 8.70. The van der Waals surface area contributed by atoms with E-state index in [9.17, 15) is 4.79 Å². The summed E-state index contributed by atoms with van der Waals surface area (Å²) in [7, 11) is 0. The fourth-order valence-electron chi connectivity index (χ4n) is 2.31. The van der Waals surface area contributed by atoms with Gasteiger partial charge in [0.15, 0.2) is 0 Å². The Morgan fingerprint density at radius 2 is 1.56 bits per heavy atom. The van der Waals surface area contributed by atoms with Crippen molar-refractivity contribution >= 4 is 5.97 Å². The summed E-state index contributed by atoms with van der Waals surface area (Å²) in [5.41, 5.74) is 5.72. The summed E-state index contributed by atoms with van der Waals surface area (Å²) in [5.74, 6) is -0.165. The molecule has 0 heterocycles. The Hall–Kier alpha value is -0.570. The van der Waals surface area contributed by atoms with Crippen LogP contribution in [-0.4, -0.2) is 17.6 Å².